The summed E-state index contributed by atoms with van der Waals surface area (Å²) in [7, 11) is 0. The highest BCUT2D eigenvalue weighted by atomic mass is 16.5. The number of fused-ring (bicyclic) bond motifs is 5. The van der Waals surface area contributed by atoms with Gasteiger partial charge in [0.1, 0.15) is 0 Å². The van der Waals surface area contributed by atoms with E-state index in [0.29, 0.717) is 23.9 Å². The van der Waals surface area contributed by atoms with Gasteiger partial charge < -0.3 is 14.9 Å². The topological polar surface area (TPSA) is 49.7 Å². The van der Waals surface area contributed by atoms with Crippen molar-refractivity contribution in [2.24, 2.45) is 40.9 Å². The van der Waals surface area contributed by atoms with Gasteiger partial charge in [-0.15, -0.1) is 0 Å². The Hall–Kier alpha value is -0.120. The van der Waals surface area contributed by atoms with E-state index in [0.717, 1.165) is 36.5 Å². The van der Waals surface area contributed by atoms with Crippen molar-refractivity contribution in [2.45, 2.75) is 96.9 Å². The minimum absolute atomic E-state index is 0.00889. The molecule has 4 aliphatic carbocycles. The summed E-state index contributed by atoms with van der Waals surface area (Å²) in [4.78, 5) is 0. The summed E-state index contributed by atoms with van der Waals surface area (Å²) in [5.41, 5.74) is -0.306. The van der Waals surface area contributed by atoms with Gasteiger partial charge in [0.25, 0.3) is 0 Å². The lowest BCUT2D eigenvalue weighted by Gasteiger charge is -2.58. The highest BCUT2D eigenvalue weighted by molar-refractivity contribution is 5.08. The molecule has 0 aromatic rings. The molecule has 4 saturated carbocycles. The molecule has 150 valence electrons. The predicted octanol–water partition coefficient (Wildman–Crippen LogP) is 4.40. The van der Waals surface area contributed by atoms with Crippen molar-refractivity contribution < 1.29 is 14.9 Å². The molecule has 4 aliphatic rings. The second-order valence-corrected chi connectivity index (χ2v) is 10.6. The first-order chi connectivity index (χ1) is 12.3. The lowest BCUT2D eigenvalue weighted by molar-refractivity contribution is -0.172. The average molecular weight is 365 g/mol. The van der Waals surface area contributed by atoms with Gasteiger partial charge in [-0.2, -0.15) is 0 Å². The van der Waals surface area contributed by atoms with Crippen LogP contribution in [0, 0.1) is 40.9 Å². The molecule has 10 atom stereocenters. The van der Waals surface area contributed by atoms with E-state index < -0.39 is 5.60 Å². The molecular formula is C23H40O3. The minimum Gasteiger partial charge on any atom is -0.393 e. The predicted molar refractivity (Wildman–Crippen MR) is 104 cm³/mol. The number of ether oxygens (including phenoxy) is 1. The number of hydrogen-bond donors (Lipinski definition) is 2. The van der Waals surface area contributed by atoms with Crippen molar-refractivity contribution in [1.29, 1.82) is 0 Å². The SMILES string of the molecule is CCOC1CC2C(CCC3C2CCC2(C)C(C(C)O)CCC32)CC1(C)O. The molecule has 10 unspecified atom stereocenters. The zero-order valence-electron chi connectivity index (χ0n) is 17.3. The molecule has 0 saturated heterocycles. The van der Waals surface area contributed by atoms with Gasteiger partial charge in [0.15, 0.2) is 0 Å². The molecule has 0 aromatic heterocycles. The van der Waals surface area contributed by atoms with E-state index in [1.165, 1.54) is 38.5 Å². The van der Waals surface area contributed by atoms with E-state index in [9.17, 15) is 10.2 Å². The number of hydrogen-bond acceptors (Lipinski definition) is 3. The number of rotatable bonds is 3. The van der Waals surface area contributed by atoms with Crippen molar-refractivity contribution in [1.82, 2.24) is 0 Å². The normalized spacial score (nSPS) is 54.9. The Labute approximate surface area is 159 Å². The molecule has 4 rings (SSSR count). The summed E-state index contributed by atoms with van der Waals surface area (Å²) in [5.74, 6) is 4.37. The molecule has 0 amide bonds. The summed E-state index contributed by atoms with van der Waals surface area (Å²) in [6.07, 6.45) is 9.58. The van der Waals surface area contributed by atoms with Crippen molar-refractivity contribution in [2.75, 3.05) is 6.61 Å². The van der Waals surface area contributed by atoms with E-state index in [1.807, 2.05) is 20.8 Å². The Balaban J connectivity index is 1.55. The molecule has 3 heteroatoms. The third kappa shape index (κ3) is 2.88. The van der Waals surface area contributed by atoms with Crippen LogP contribution < -0.4 is 0 Å². The molecule has 4 fully saturated rings. The van der Waals surface area contributed by atoms with Crippen LogP contribution in [0.15, 0.2) is 0 Å². The molecule has 0 aromatic carbocycles. The Morgan fingerprint density at radius 3 is 2.50 bits per heavy atom. The Bertz CT molecular complexity index is 516. The van der Waals surface area contributed by atoms with E-state index >= 15 is 0 Å². The van der Waals surface area contributed by atoms with Gasteiger partial charge in [-0.05, 0) is 113 Å². The van der Waals surface area contributed by atoms with Crippen LogP contribution in [0.25, 0.3) is 0 Å². The third-order valence-corrected chi connectivity index (χ3v) is 9.40. The maximum atomic E-state index is 10.9. The lowest BCUT2D eigenvalue weighted by atomic mass is 9.48. The lowest BCUT2D eigenvalue weighted by Crippen LogP contribution is -2.55. The van der Waals surface area contributed by atoms with Crippen LogP contribution >= 0.6 is 0 Å². The summed E-state index contributed by atoms with van der Waals surface area (Å²) in [5, 5.41) is 21.3. The average Bonchev–Trinajstić information content (AvgIpc) is 2.92. The fraction of sp³-hybridized carbons (Fsp3) is 1.00. The zero-order valence-corrected chi connectivity index (χ0v) is 17.3. The van der Waals surface area contributed by atoms with Crippen molar-refractivity contribution in [3.63, 3.8) is 0 Å². The van der Waals surface area contributed by atoms with Crippen LogP contribution in [0.1, 0.15) is 79.1 Å². The van der Waals surface area contributed by atoms with Gasteiger partial charge in [0, 0.05) is 6.61 Å². The summed E-state index contributed by atoms with van der Waals surface area (Å²) >= 11 is 0. The van der Waals surface area contributed by atoms with Crippen LogP contribution in [0.5, 0.6) is 0 Å². The second kappa shape index (κ2) is 6.74. The Kier molecular flexibility index (Phi) is 4.98. The van der Waals surface area contributed by atoms with Crippen molar-refractivity contribution in [3.05, 3.63) is 0 Å². The Morgan fingerprint density at radius 1 is 1.04 bits per heavy atom. The first-order valence-electron chi connectivity index (χ1n) is 11.3. The van der Waals surface area contributed by atoms with Crippen molar-refractivity contribution >= 4 is 0 Å². The molecule has 0 aliphatic heterocycles. The van der Waals surface area contributed by atoms with Crippen LogP contribution in [0.4, 0.5) is 0 Å². The van der Waals surface area contributed by atoms with Gasteiger partial charge in [-0.25, -0.2) is 0 Å². The number of aliphatic hydroxyl groups is 2. The van der Waals surface area contributed by atoms with Gasteiger partial charge in [-0.3, -0.25) is 0 Å². The maximum Gasteiger partial charge on any atom is 0.0883 e. The fourth-order valence-electron chi connectivity index (χ4n) is 8.30. The molecule has 2 N–H and O–H groups in total. The molecule has 26 heavy (non-hydrogen) atoms. The summed E-state index contributed by atoms with van der Waals surface area (Å²) in [6, 6.07) is 0. The van der Waals surface area contributed by atoms with Gasteiger partial charge in [0.05, 0.1) is 17.8 Å². The first kappa shape index (κ1) is 19.2. The smallest absolute Gasteiger partial charge is 0.0883 e. The minimum atomic E-state index is -0.655. The van der Waals surface area contributed by atoms with E-state index in [2.05, 4.69) is 6.92 Å². The van der Waals surface area contributed by atoms with Crippen LogP contribution in [-0.2, 0) is 4.74 Å². The maximum absolute atomic E-state index is 10.9. The fourth-order valence-corrected chi connectivity index (χ4v) is 8.30. The molecule has 0 radical (unpaired) electrons. The third-order valence-electron chi connectivity index (χ3n) is 9.40. The van der Waals surface area contributed by atoms with Crippen LogP contribution in [0.2, 0.25) is 0 Å². The summed E-state index contributed by atoms with van der Waals surface area (Å²) in [6.45, 7) is 9.24. The zero-order chi connectivity index (χ0) is 18.7. The second-order valence-electron chi connectivity index (χ2n) is 10.6. The van der Waals surface area contributed by atoms with E-state index in [1.54, 1.807) is 0 Å². The van der Waals surface area contributed by atoms with Gasteiger partial charge in [0.2, 0.25) is 0 Å². The molecule has 0 bridgehead atoms. The van der Waals surface area contributed by atoms with Crippen LogP contribution in [-0.4, -0.2) is 34.6 Å². The summed E-state index contributed by atoms with van der Waals surface area (Å²) < 4.78 is 6.00. The largest absolute Gasteiger partial charge is 0.393 e. The Morgan fingerprint density at radius 2 is 1.81 bits per heavy atom. The molecular weight excluding hydrogens is 324 g/mol. The molecule has 0 spiro atoms. The highest BCUT2D eigenvalue weighted by Gasteiger charge is 2.59. The van der Waals surface area contributed by atoms with E-state index in [4.69, 9.17) is 4.74 Å². The van der Waals surface area contributed by atoms with Crippen LogP contribution in [0.3, 0.4) is 0 Å². The van der Waals surface area contributed by atoms with Gasteiger partial charge in [-0.1, -0.05) is 6.92 Å². The van der Waals surface area contributed by atoms with E-state index in [-0.39, 0.29) is 12.2 Å². The van der Waals surface area contributed by atoms with Gasteiger partial charge >= 0.3 is 0 Å². The molecule has 3 nitrogen and oxygen atoms in total. The first-order valence-corrected chi connectivity index (χ1v) is 11.3. The monoisotopic (exact) mass is 364 g/mol. The van der Waals surface area contributed by atoms with Crippen molar-refractivity contribution in [3.8, 4) is 0 Å². The standard InChI is InChI=1S/C23H40O3/c1-5-26-21-12-18-15(13-23(21,4)25)6-7-17-16(18)10-11-22(3)19(14(2)24)8-9-20(17)22/h14-21,24-25H,5-13H2,1-4H3. The molecule has 0 heterocycles. The quantitative estimate of drug-likeness (QED) is 0.780. The number of aliphatic hydroxyl groups excluding tert-OH is 1. The highest BCUT2D eigenvalue weighted by Crippen LogP contribution is 2.65.